The number of ether oxygens (including phenoxy) is 2. The van der Waals surface area contributed by atoms with Crippen LogP contribution in [-0.2, 0) is 13.0 Å². The van der Waals surface area contributed by atoms with Gasteiger partial charge >= 0.3 is 0 Å². The highest BCUT2D eigenvalue weighted by atomic mass is 16.7. The molecule has 4 nitrogen and oxygen atoms in total. The lowest BCUT2D eigenvalue weighted by atomic mass is 10.0. The minimum atomic E-state index is -0.0582. The lowest BCUT2D eigenvalue weighted by Crippen LogP contribution is -2.22. The van der Waals surface area contributed by atoms with E-state index >= 15 is 0 Å². The van der Waals surface area contributed by atoms with Crippen molar-refractivity contribution in [3.05, 3.63) is 59.2 Å². The molecule has 138 valence electrons. The summed E-state index contributed by atoms with van der Waals surface area (Å²) in [6, 6.07) is 13.7. The molecule has 0 bridgehead atoms. The van der Waals surface area contributed by atoms with E-state index < -0.39 is 0 Å². The summed E-state index contributed by atoms with van der Waals surface area (Å²) in [6.07, 6.45) is 7.50. The summed E-state index contributed by atoms with van der Waals surface area (Å²) in [6.45, 7) is 2.96. The Kier molecular flexibility index (Phi) is 6.53. The van der Waals surface area contributed by atoms with Gasteiger partial charge in [-0.1, -0.05) is 50.8 Å². The van der Waals surface area contributed by atoms with Crippen molar-refractivity contribution in [2.75, 3.05) is 6.79 Å². The van der Waals surface area contributed by atoms with Gasteiger partial charge < -0.3 is 14.8 Å². The molecule has 2 aromatic rings. The van der Waals surface area contributed by atoms with Crippen molar-refractivity contribution in [1.29, 1.82) is 0 Å². The Bertz CT molecular complexity index is 725. The number of fused-ring (bicyclic) bond motifs is 1. The molecule has 0 fully saturated rings. The monoisotopic (exact) mass is 353 g/mol. The largest absolute Gasteiger partial charge is 0.454 e. The summed E-state index contributed by atoms with van der Waals surface area (Å²) in [4.78, 5) is 12.3. The van der Waals surface area contributed by atoms with Crippen LogP contribution >= 0.6 is 0 Å². The summed E-state index contributed by atoms with van der Waals surface area (Å²) in [5, 5.41) is 2.96. The van der Waals surface area contributed by atoms with Gasteiger partial charge in [-0.25, -0.2) is 0 Å². The number of aryl methyl sites for hydroxylation is 1. The number of rotatable bonds is 9. The predicted molar refractivity (Wildman–Crippen MR) is 103 cm³/mol. The zero-order chi connectivity index (χ0) is 18.2. The van der Waals surface area contributed by atoms with Gasteiger partial charge in [-0.2, -0.15) is 0 Å². The fraction of sp³-hybridized carbons (Fsp3) is 0.409. The number of amides is 1. The van der Waals surface area contributed by atoms with Gasteiger partial charge in [0.25, 0.3) is 5.91 Å². The maximum Gasteiger partial charge on any atom is 0.251 e. The van der Waals surface area contributed by atoms with E-state index in [1.165, 1.54) is 37.7 Å². The molecule has 3 rings (SSSR count). The number of carbonyl (C=O) groups excluding carboxylic acids is 1. The topological polar surface area (TPSA) is 47.6 Å². The standard InChI is InChI=1S/C22H27NO3/c1-2-3-4-5-6-7-17-8-11-19(12-9-17)22(24)23-15-18-10-13-20-21(14-18)26-16-25-20/h8-14H,2-7,15-16H2,1H3,(H,23,24). The van der Waals surface area contributed by atoms with Crippen molar-refractivity contribution in [2.24, 2.45) is 0 Å². The van der Waals surface area contributed by atoms with Gasteiger partial charge in [0.1, 0.15) is 0 Å². The lowest BCUT2D eigenvalue weighted by Gasteiger charge is -2.07. The predicted octanol–water partition coefficient (Wildman–Crippen LogP) is 4.86. The number of nitrogens with one attached hydrogen (secondary N) is 1. The van der Waals surface area contributed by atoms with Gasteiger partial charge in [-0.15, -0.1) is 0 Å². The average Bonchev–Trinajstić information content (AvgIpc) is 3.14. The summed E-state index contributed by atoms with van der Waals surface area (Å²) in [5.41, 5.74) is 2.99. The zero-order valence-corrected chi connectivity index (χ0v) is 15.4. The summed E-state index contributed by atoms with van der Waals surface area (Å²) >= 11 is 0. The third-order valence-corrected chi connectivity index (χ3v) is 4.68. The van der Waals surface area contributed by atoms with Crippen molar-refractivity contribution < 1.29 is 14.3 Å². The van der Waals surface area contributed by atoms with Crippen molar-refractivity contribution in [1.82, 2.24) is 5.32 Å². The molecular formula is C22H27NO3. The van der Waals surface area contributed by atoms with Crippen LogP contribution in [0, 0.1) is 0 Å². The van der Waals surface area contributed by atoms with E-state index in [1.807, 2.05) is 30.3 Å². The normalized spacial score (nSPS) is 12.2. The second kappa shape index (κ2) is 9.27. The third-order valence-electron chi connectivity index (χ3n) is 4.68. The van der Waals surface area contributed by atoms with Gasteiger partial charge in [0, 0.05) is 12.1 Å². The number of benzene rings is 2. The smallest absolute Gasteiger partial charge is 0.251 e. The van der Waals surface area contributed by atoms with Crippen LogP contribution < -0.4 is 14.8 Å². The number of unbranched alkanes of at least 4 members (excludes halogenated alkanes) is 4. The summed E-state index contributed by atoms with van der Waals surface area (Å²) in [7, 11) is 0. The first-order chi connectivity index (χ1) is 12.8. The molecule has 1 aliphatic rings. The molecule has 0 spiro atoms. The Morgan fingerprint density at radius 3 is 2.46 bits per heavy atom. The van der Waals surface area contributed by atoms with Crippen LogP contribution in [0.3, 0.4) is 0 Å². The second-order valence-corrected chi connectivity index (χ2v) is 6.73. The zero-order valence-electron chi connectivity index (χ0n) is 15.4. The van der Waals surface area contributed by atoms with E-state index in [0.717, 1.165) is 23.5 Å². The molecule has 0 saturated carbocycles. The van der Waals surface area contributed by atoms with Gasteiger partial charge in [0.2, 0.25) is 6.79 Å². The Morgan fingerprint density at radius 2 is 1.65 bits per heavy atom. The Balaban J connectivity index is 1.45. The Hall–Kier alpha value is -2.49. The number of hydrogen-bond donors (Lipinski definition) is 1. The molecule has 0 atom stereocenters. The fourth-order valence-corrected chi connectivity index (χ4v) is 3.09. The first-order valence-corrected chi connectivity index (χ1v) is 9.52. The van der Waals surface area contributed by atoms with Crippen LogP contribution in [0.5, 0.6) is 11.5 Å². The van der Waals surface area contributed by atoms with Crippen LogP contribution in [0.1, 0.15) is 60.5 Å². The number of hydrogen-bond acceptors (Lipinski definition) is 3. The molecule has 2 aromatic carbocycles. The average molecular weight is 353 g/mol. The molecule has 1 N–H and O–H groups in total. The molecule has 0 saturated heterocycles. The molecule has 26 heavy (non-hydrogen) atoms. The lowest BCUT2D eigenvalue weighted by molar-refractivity contribution is 0.0951. The first kappa shape index (κ1) is 18.3. The molecule has 4 heteroatoms. The van der Waals surface area contributed by atoms with Gasteiger partial charge in [-0.3, -0.25) is 4.79 Å². The maximum atomic E-state index is 12.3. The van der Waals surface area contributed by atoms with Gasteiger partial charge in [-0.05, 0) is 48.2 Å². The number of carbonyl (C=O) groups is 1. The Labute approximate surface area is 155 Å². The molecule has 0 aromatic heterocycles. The minimum Gasteiger partial charge on any atom is -0.454 e. The first-order valence-electron chi connectivity index (χ1n) is 9.52. The molecule has 1 amide bonds. The van der Waals surface area contributed by atoms with E-state index in [1.54, 1.807) is 0 Å². The van der Waals surface area contributed by atoms with E-state index in [0.29, 0.717) is 12.1 Å². The van der Waals surface area contributed by atoms with E-state index in [4.69, 9.17) is 9.47 Å². The Morgan fingerprint density at radius 1 is 0.923 bits per heavy atom. The maximum absolute atomic E-state index is 12.3. The van der Waals surface area contributed by atoms with Gasteiger partial charge in [0.15, 0.2) is 11.5 Å². The van der Waals surface area contributed by atoms with Crippen LogP contribution in [0.2, 0.25) is 0 Å². The molecule has 1 aliphatic heterocycles. The fourth-order valence-electron chi connectivity index (χ4n) is 3.09. The van der Waals surface area contributed by atoms with Crippen LogP contribution in [0.4, 0.5) is 0 Å². The SMILES string of the molecule is CCCCCCCc1ccc(C(=O)NCc2ccc3c(c2)OCO3)cc1. The third kappa shape index (κ3) is 5.01. The minimum absolute atomic E-state index is 0.0582. The molecule has 0 radical (unpaired) electrons. The van der Waals surface area contributed by atoms with E-state index in [2.05, 4.69) is 24.4 Å². The quantitative estimate of drug-likeness (QED) is 0.655. The highest BCUT2D eigenvalue weighted by Crippen LogP contribution is 2.32. The molecule has 0 aliphatic carbocycles. The van der Waals surface area contributed by atoms with Crippen molar-refractivity contribution in [3.63, 3.8) is 0 Å². The highest BCUT2D eigenvalue weighted by Gasteiger charge is 2.13. The highest BCUT2D eigenvalue weighted by molar-refractivity contribution is 5.94. The van der Waals surface area contributed by atoms with E-state index in [9.17, 15) is 4.79 Å². The molecule has 0 unspecified atom stereocenters. The summed E-state index contributed by atoms with van der Waals surface area (Å²) in [5.74, 6) is 1.43. The second-order valence-electron chi connectivity index (χ2n) is 6.73. The van der Waals surface area contributed by atoms with Crippen LogP contribution in [0.25, 0.3) is 0 Å². The van der Waals surface area contributed by atoms with Crippen molar-refractivity contribution in [3.8, 4) is 11.5 Å². The van der Waals surface area contributed by atoms with Crippen LogP contribution in [-0.4, -0.2) is 12.7 Å². The van der Waals surface area contributed by atoms with Crippen molar-refractivity contribution >= 4 is 5.91 Å². The molecule has 1 heterocycles. The molecular weight excluding hydrogens is 326 g/mol. The van der Waals surface area contributed by atoms with E-state index in [-0.39, 0.29) is 12.7 Å². The van der Waals surface area contributed by atoms with Crippen molar-refractivity contribution in [2.45, 2.75) is 52.0 Å². The van der Waals surface area contributed by atoms with Gasteiger partial charge in [0.05, 0.1) is 0 Å². The summed E-state index contributed by atoms with van der Waals surface area (Å²) < 4.78 is 10.7. The van der Waals surface area contributed by atoms with Crippen LogP contribution in [0.15, 0.2) is 42.5 Å².